The van der Waals surface area contributed by atoms with E-state index in [0.29, 0.717) is 38.3 Å². The summed E-state index contributed by atoms with van der Waals surface area (Å²) in [6.45, 7) is 5.18. The summed E-state index contributed by atoms with van der Waals surface area (Å²) < 4.78 is 0. The second-order valence-corrected chi connectivity index (χ2v) is 10.1. The van der Waals surface area contributed by atoms with Crippen LogP contribution in [-0.2, 0) is 27.3 Å². The maximum atomic E-state index is 13.7. The van der Waals surface area contributed by atoms with Gasteiger partial charge in [0.1, 0.15) is 5.78 Å². The number of rotatable bonds is 8. The van der Waals surface area contributed by atoms with Crippen LogP contribution in [0.1, 0.15) is 50.7 Å². The minimum absolute atomic E-state index is 0.0538. The van der Waals surface area contributed by atoms with Crippen LogP contribution in [0.15, 0.2) is 35.0 Å². The molecule has 4 rings (SSSR count). The van der Waals surface area contributed by atoms with Gasteiger partial charge in [-0.05, 0) is 59.2 Å². The van der Waals surface area contributed by atoms with Crippen molar-refractivity contribution < 1.29 is 14.4 Å². The summed E-state index contributed by atoms with van der Waals surface area (Å²) in [4.78, 5) is 42.6. The fourth-order valence-corrected chi connectivity index (χ4v) is 5.43. The van der Waals surface area contributed by atoms with Crippen molar-refractivity contribution in [2.75, 3.05) is 16.3 Å². The Morgan fingerprint density at radius 3 is 2.72 bits per heavy atom. The Bertz CT molecular complexity index is 1000. The number of hydrogen-bond donors (Lipinski definition) is 1. The number of fused-ring (bicyclic) bond motifs is 1. The zero-order valence-electron chi connectivity index (χ0n) is 18.8. The molecule has 1 saturated heterocycles. The molecule has 1 unspecified atom stereocenters. The number of ketones is 1. The van der Waals surface area contributed by atoms with E-state index in [2.05, 4.69) is 0 Å². The van der Waals surface area contributed by atoms with Gasteiger partial charge in [-0.25, -0.2) is 0 Å². The van der Waals surface area contributed by atoms with E-state index < -0.39 is 12.0 Å². The highest BCUT2D eigenvalue weighted by Crippen LogP contribution is 2.42. The van der Waals surface area contributed by atoms with Crippen LogP contribution in [0.4, 0.5) is 11.4 Å². The Balaban J connectivity index is 1.68. The number of Topliss-reactive ketones (excluding diaryl/α,β-unsaturated/α-hetero) is 1. The van der Waals surface area contributed by atoms with Gasteiger partial charge in [0.25, 0.3) is 0 Å². The van der Waals surface area contributed by atoms with Crippen molar-refractivity contribution in [2.45, 2.75) is 58.5 Å². The lowest BCUT2D eigenvalue weighted by Crippen LogP contribution is -2.44. The second-order valence-electron chi connectivity index (χ2n) is 9.30. The van der Waals surface area contributed by atoms with Crippen molar-refractivity contribution >= 4 is 40.3 Å². The molecule has 0 radical (unpaired) electrons. The van der Waals surface area contributed by atoms with Gasteiger partial charge in [0, 0.05) is 25.3 Å². The lowest BCUT2D eigenvalue weighted by Gasteiger charge is -2.37. The zero-order valence-corrected chi connectivity index (χ0v) is 19.6. The van der Waals surface area contributed by atoms with Crippen molar-refractivity contribution in [3.8, 4) is 0 Å². The van der Waals surface area contributed by atoms with E-state index in [1.54, 1.807) is 21.1 Å². The molecular formula is C25H31N3O3S. The van der Waals surface area contributed by atoms with Crippen molar-refractivity contribution in [2.24, 2.45) is 17.6 Å². The molecule has 3 heterocycles. The third-order valence-corrected chi connectivity index (χ3v) is 7.05. The molecule has 1 aromatic heterocycles. The molecule has 2 N–H and O–H groups in total. The van der Waals surface area contributed by atoms with Crippen LogP contribution >= 0.6 is 11.3 Å². The topological polar surface area (TPSA) is 83.7 Å². The minimum Gasteiger partial charge on any atom is -0.322 e. The molecule has 2 aromatic rings. The summed E-state index contributed by atoms with van der Waals surface area (Å²) >= 11 is 1.59. The molecule has 1 aromatic carbocycles. The summed E-state index contributed by atoms with van der Waals surface area (Å²) in [6, 6.07) is 7.36. The third kappa shape index (κ3) is 4.64. The van der Waals surface area contributed by atoms with Crippen LogP contribution in [0.3, 0.4) is 0 Å². The summed E-state index contributed by atoms with van der Waals surface area (Å²) in [5, 5.41) is 4.02. The van der Waals surface area contributed by atoms with E-state index in [1.165, 1.54) is 0 Å². The first kappa shape index (κ1) is 22.7. The molecule has 7 heteroatoms. The average molecular weight is 454 g/mol. The molecule has 2 aliphatic rings. The summed E-state index contributed by atoms with van der Waals surface area (Å²) in [5.74, 6) is -0.128. The molecule has 0 aliphatic carbocycles. The van der Waals surface area contributed by atoms with Crippen LogP contribution in [0.2, 0.25) is 0 Å². The van der Waals surface area contributed by atoms with E-state index in [4.69, 9.17) is 5.73 Å². The van der Waals surface area contributed by atoms with E-state index >= 15 is 0 Å². The number of thiophene rings is 1. The largest absolute Gasteiger partial charge is 0.322 e. The van der Waals surface area contributed by atoms with E-state index in [-0.39, 0.29) is 24.0 Å². The fourth-order valence-electron chi connectivity index (χ4n) is 4.77. The van der Waals surface area contributed by atoms with Crippen LogP contribution in [0, 0.1) is 11.8 Å². The van der Waals surface area contributed by atoms with E-state index in [1.807, 2.05) is 48.9 Å². The van der Waals surface area contributed by atoms with Crippen LogP contribution < -0.4 is 15.5 Å². The Morgan fingerprint density at radius 2 is 2.06 bits per heavy atom. The predicted molar refractivity (Wildman–Crippen MR) is 128 cm³/mol. The predicted octanol–water partition coefficient (Wildman–Crippen LogP) is 3.91. The number of nitrogens with zero attached hydrogens (tertiary/aromatic N) is 2. The quantitative estimate of drug-likeness (QED) is 0.657. The van der Waals surface area contributed by atoms with Gasteiger partial charge in [0.05, 0.1) is 24.0 Å². The summed E-state index contributed by atoms with van der Waals surface area (Å²) in [6.07, 6.45) is 2.62. The Hall–Kier alpha value is -2.51. The summed E-state index contributed by atoms with van der Waals surface area (Å²) in [7, 11) is 0. The Kier molecular flexibility index (Phi) is 6.76. The van der Waals surface area contributed by atoms with Gasteiger partial charge in [-0.15, -0.1) is 0 Å². The first-order chi connectivity index (χ1) is 15.3. The molecule has 0 saturated carbocycles. The van der Waals surface area contributed by atoms with Crippen LogP contribution in [-0.4, -0.2) is 30.2 Å². The Morgan fingerprint density at radius 1 is 1.25 bits per heavy atom. The molecule has 0 bridgehead atoms. The minimum atomic E-state index is -0.539. The molecule has 6 nitrogen and oxygen atoms in total. The van der Waals surface area contributed by atoms with Gasteiger partial charge in [-0.3, -0.25) is 14.4 Å². The zero-order chi connectivity index (χ0) is 22.8. The van der Waals surface area contributed by atoms with Crippen molar-refractivity contribution in [1.29, 1.82) is 0 Å². The van der Waals surface area contributed by atoms with Crippen LogP contribution in [0.25, 0.3) is 0 Å². The highest BCUT2D eigenvalue weighted by molar-refractivity contribution is 7.07. The number of carbonyl (C=O) groups excluding carboxylic acids is 3. The standard InChI is InChI=1S/C25H31N3O3S/c1-16(2)11-20(26)22(29)13-19-12-18-5-3-6-21(27-9-4-7-23(27)30)24(18)28(25(19)31)14-17-8-10-32-15-17/h3,5-6,8,10,15-16,19-20H,4,7,9,11-14,26H2,1-2H3/t19?,20-/m1/s1. The smallest absolute Gasteiger partial charge is 0.231 e. The average Bonchev–Trinajstić information content (AvgIpc) is 3.41. The van der Waals surface area contributed by atoms with Gasteiger partial charge in [-0.1, -0.05) is 26.0 Å². The van der Waals surface area contributed by atoms with Crippen molar-refractivity contribution in [1.82, 2.24) is 0 Å². The van der Waals surface area contributed by atoms with Crippen LogP contribution in [0.5, 0.6) is 0 Å². The first-order valence-corrected chi connectivity index (χ1v) is 12.3. The van der Waals surface area contributed by atoms with Gasteiger partial charge >= 0.3 is 0 Å². The third-order valence-electron chi connectivity index (χ3n) is 6.32. The number of nitrogens with two attached hydrogens (primary N) is 1. The lowest BCUT2D eigenvalue weighted by atomic mass is 9.85. The number of amides is 2. The molecule has 0 spiro atoms. The normalized spacial score (nSPS) is 19.6. The molecule has 2 atom stereocenters. The molecule has 170 valence electrons. The second kappa shape index (κ2) is 9.55. The highest BCUT2D eigenvalue weighted by Gasteiger charge is 2.38. The number of carbonyl (C=O) groups is 3. The van der Waals surface area contributed by atoms with E-state index in [9.17, 15) is 14.4 Å². The summed E-state index contributed by atoms with van der Waals surface area (Å²) in [5.41, 5.74) is 9.79. The number of anilines is 2. The lowest BCUT2D eigenvalue weighted by molar-refractivity contribution is -0.128. The molecule has 2 amide bonds. The van der Waals surface area contributed by atoms with Crippen molar-refractivity contribution in [3.63, 3.8) is 0 Å². The molecule has 32 heavy (non-hydrogen) atoms. The number of hydrogen-bond acceptors (Lipinski definition) is 5. The molecule has 2 aliphatic heterocycles. The number of benzene rings is 1. The SMILES string of the molecule is CC(C)C[C@@H](N)C(=O)CC1Cc2cccc(N3CCCC3=O)c2N(Cc2ccsc2)C1=O. The van der Waals surface area contributed by atoms with Gasteiger partial charge in [0.2, 0.25) is 11.8 Å². The van der Waals surface area contributed by atoms with Crippen molar-refractivity contribution in [3.05, 3.63) is 46.2 Å². The van der Waals surface area contributed by atoms with Gasteiger partial charge < -0.3 is 15.5 Å². The number of para-hydroxylation sites is 1. The van der Waals surface area contributed by atoms with Gasteiger partial charge in [0.15, 0.2) is 0 Å². The first-order valence-electron chi connectivity index (χ1n) is 11.4. The fraction of sp³-hybridized carbons (Fsp3) is 0.480. The van der Waals surface area contributed by atoms with Gasteiger partial charge in [-0.2, -0.15) is 11.3 Å². The maximum Gasteiger partial charge on any atom is 0.231 e. The molecule has 1 fully saturated rings. The maximum absolute atomic E-state index is 13.7. The Labute approximate surface area is 193 Å². The molecular weight excluding hydrogens is 422 g/mol. The highest BCUT2D eigenvalue weighted by atomic mass is 32.1. The van der Waals surface area contributed by atoms with E-state index in [0.717, 1.165) is 28.9 Å². The monoisotopic (exact) mass is 453 g/mol.